The number of aromatic nitrogens is 3. The van der Waals surface area contributed by atoms with E-state index in [-0.39, 0.29) is 0 Å². The number of rotatable bonds is 6. The van der Waals surface area contributed by atoms with Crippen LogP contribution in [0, 0.1) is 0 Å². The van der Waals surface area contributed by atoms with Crippen molar-refractivity contribution in [2.45, 2.75) is 32.1 Å². The summed E-state index contributed by atoms with van der Waals surface area (Å²) in [5, 5.41) is 15.0. The van der Waals surface area contributed by atoms with Gasteiger partial charge in [-0.3, -0.25) is 0 Å². The molecule has 1 aromatic carbocycles. The van der Waals surface area contributed by atoms with Gasteiger partial charge in [0, 0.05) is 6.54 Å². The van der Waals surface area contributed by atoms with Gasteiger partial charge in [-0.15, -0.1) is 5.10 Å². The molecule has 0 saturated heterocycles. The van der Waals surface area contributed by atoms with E-state index in [1.165, 1.54) is 31.3 Å². The van der Waals surface area contributed by atoms with Crippen molar-refractivity contribution in [3.05, 3.63) is 47.1 Å². The van der Waals surface area contributed by atoms with Crippen LogP contribution in [0.15, 0.2) is 42.1 Å². The number of anilines is 3. The number of para-hydroxylation sites is 1. The minimum atomic E-state index is 0.526. The normalized spacial score (nSPS) is 14.2. The third-order valence-corrected chi connectivity index (χ3v) is 4.14. The van der Waals surface area contributed by atoms with Gasteiger partial charge < -0.3 is 10.6 Å². The second-order valence-electron chi connectivity index (χ2n) is 5.55. The lowest BCUT2D eigenvalue weighted by molar-refractivity contribution is 0.679. The predicted molar refractivity (Wildman–Crippen MR) is 94.2 cm³/mol. The summed E-state index contributed by atoms with van der Waals surface area (Å²) >= 11 is 6.14. The highest BCUT2D eigenvalue weighted by Gasteiger charge is 2.05. The van der Waals surface area contributed by atoms with Crippen molar-refractivity contribution >= 4 is 29.1 Å². The van der Waals surface area contributed by atoms with E-state index in [1.54, 1.807) is 6.20 Å². The first-order chi connectivity index (χ1) is 11.3. The van der Waals surface area contributed by atoms with Gasteiger partial charge in [-0.25, -0.2) is 0 Å². The summed E-state index contributed by atoms with van der Waals surface area (Å²) in [6.45, 7) is 0.822. The molecule has 6 heteroatoms. The molecule has 0 unspecified atom stereocenters. The molecular formula is C17H20ClN5. The van der Waals surface area contributed by atoms with Crippen LogP contribution in [0.2, 0.25) is 5.02 Å². The van der Waals surface area contributed by atoms with Crippen LogP contribution in [0.3, 0.4) is 0 Å². The minimum Gasteiger partial charge on any atom is -0.353 e. The monoisotopic (exact) mass is 329 g/mol. The number of hydrogen-bond donors (Lipinski definition) is 2. The van der Waals surface area contributed by atoms with Crippen LogP contribution in [0.25, 0.3) is 0 Å². The Hall–Kier alpha value is -2.14. The summed E-state index contributed by atoms with van der Waals surface area (Å²) in [5.74, 6) is 1.14. The molecule has 2 N–H and O–H groups in total. The predicted octanol–water partition coefficient (Wildman–Crippen LogP) is 4.57. The first kappa shape index (κ1) is 15.7. The fourth-order valence-electron chi connectivity index (χ4n) is 2.61. The second kappa shape index (κ2) is 7.92. The lowest BCUT2D eigenvalue weighted by Crippen LogP contribution is -2.09. The molecule has 0 saturated carbocycles. The highest BCUT2D eigenvalue weighted by Crippen LogP contribution is 2.24. The van der Waals surface area contributed by atoms with Crippen molar-refractivity contribution in [1.82, 2.24) is 15.2 Å². The number of nitrogens with zero attached hydrogens (tertiary/aromatic N) is 3. The van der Waals surface area contributed by atoms with Gasteiger partial charge in [0.1, 0.15) is 0 Å². The van der Waals surface area contributed by atoms with Crippen molar-refractivity contribution in [3.63, 3.8) is 0 Å². The van der Waals surface area contributed by atoms with Crippen molar-refractivity contribution in [2.24, 2.45) is 0 Å². The van der Waals surface area contributed by atoms with E-state index in [4.69, 9.17) is 11.6 Å². The molecule has 3 rings (SSSR count). The van der Waals surface area contributed by atoms with Gasteiger partial charge in [-0.05, 0) is 44.2 Å². The Morgan fingerprint density at radius 2 is 2.09 bits per heavy atom. The molecule has 2 aromatic rings. The van der Waals surface area contributed by atoms with Crippen LogP contribution in [0.1, 0.15) is 32.1 Å². The van der Waals surface area contributed by atoms with Crippen molar-refractivity contribution in [1.29, 1.82) is 0 Å². The van der Waals surface area contributed by atoms with Crippen LogP contribution in [0.5, 0.6) is 0 Å². The minimum absolute atomic E-state index is 0.526. The van der Waals surface area contributed by atoms with E-state index < -0.39 is 0 Å². The molecule has 120 valence electrons. The molecule has 1 aromatic heterocycles. The molecule has 1 heterocycles. The number of halogens is 1. The SMILES string of the molecule is Clc1ccccc1Nc1cnnc(NCCC2=CCCCC2)n1. The molecule has 0 bridgehead atoms. The third kappa shape index (κ3) is 4.66. The van der Waals surface area contributed by atoms with Crippen LogP contribution >= 0.6 is 11.6 Å². The Bertz CT molecular complexity index is 686. The Morgan fingerprint density at radius 1 is 1.17 bits per heavy atom. The van der Waals surface area contributed by atoms with Crippen LogP contribution in [-0.4, -0.2) is 21.7 Å². The Labute approximate surface area is 141 Å². The molecule has 0 spiro atoms. The van der Waals surface area contributed by atoms with Gasteiger partial charge >= 0.3 is 0 Å². The van der Waals surface area contributed by atoms with Crippen LogP contribution in [0.4, 0.5) is 17.5 Å². The molecule has 0 radical (unpaired) electrons. The van der Waals surface area contributed by atoms with Crippen LogP contribution in [-0.2, 0) is 0 Å². The summed E-state index contributed by atoms with van der Waals surface area (Å²) in [5.41, 5.74) is 2.33. The molecule has 0 atom stereocenters. The molecule has 0 fully saturated rings. The van der Waals surface area contributed by atoms with E-state index in [0.29, 0.717) is 16.8 Å². The maximum atomic E-state index is 6.14. The van der Waals surface area contributed by atoms with Crippen molar-refractivity contribution < 1.29 is 0 Å². The zero-order valence-corrected chi connectivity index (χ0v) is 13.7. The van der Waals surface area contributed by atoms with Crippen molar-refractivity contribution in [3.8, 4) is 0 Å². The average Bonchev–Trinajstić information content (AvgIpc) is 2.58. The van der Waals surface area contributed by atoms with E-state index in [1.807, 2.05) is 24.3 Å². The molecule has 5 nitrogen and oxygen atoms in total. The van der Waals surface area contributed by atoms with E-state index in [0.717, 1.165) is 18.7 Å². The Kier molecular flexibility index (Phi) is 5.42. The Morgan fingerprint density at radius 3 is 2.91 bits per heavy atom. The summed E-state index contributed by atoms with van der Waals surface area (Å²) in [4.78, 5) is 4.42. The van der Waals surface area contributed by atoms with Gasteiger partial charge in [0.15, 0.2) is 5.82 Å². The van der Waals surface area contributed by atoms with Gasteiger partial charge in [0.25, 0.3) is 0 Å². The van der Waals surface area contributed by atoms with E-state index in [2.05, 4.69) is 31.9 Å². The lowest BCUT2D eigenvalue weighted by Gasteiger charge is -2.13. The standard InChI is InChI=1S/C17H20ClN5/c18-14-8-4-5-9-15(14)21-16-12-20-23-17(22-16)19-11-10-13-6-2-1-3-7-13/h4-6,8-9,12H,1-3,7,10-11H2,(H2,19,21,22,23). The number of nitrogens with one attached hydrogen (secondary N) is 2. The molecule has 1 aliphatic carbocycles. The summed E-state index contributed by atoms with van der Waals surface area (Å²) < 4.78 is 0. The number of benzene rings is 1. The average molecular weight is 330 g/mol. The fraction of sp³-hybridized carbons (Fsp3) is 0.353. The zero-order chi connectivity index (χ0) is 15.9. The first-order valence-corrected chi connectivity index (χ1v) is 8.32. The summed E-state index contributed by atoms with van der Waals surface area (Å²) in [7, 11) is 0. The summed E-state index contributed by atoms with van der Waals surface area (Å²) in [6.07, 6.45) is 10.0. The molecule has 0 aliphatic heterocycles. The maximum absolute atomic E-state index is 6.14. The largest absolute Gasteiger partial charge is 0.353 e. The topological polar surface area (TPSA) is 62.7 Å². The highest BCUT2D eigenvalue weighted by molar-refractivity contribution is 6.33. The van der Waals surface area contributed by atoms with Gasteiger partial charge in [0.2, 0.25) is 5.95 Å². The quantitative estimate of drug-likeness (QED) is 0.760. The van der Waals surface area contributed by atoms with Gasteiger partial charge in [-0.1, -0.05) is 35.4 Å². The second-order valence-corrected chi connectivity index (χ2v) is 5.96. The summed E-state index contributed by atoms with van der Waals surface area (Å²) in [6, 6.07) is 7.53. The maximum Gasteiger partial charge on any atom is 0.244 e. The first-order valence-electron chi connectivity index (χ1n) is 7.94. The fourth-order valence-corrected chi connectivity index (χ4v) is 2.79. The molecule has 1 aliphatic rings. The van der Waals surface area contributed by atoms with Crippen molar-refractivity contribution in [2.75, 3.05) is 17.2 Å². The third-order valence-electron chi connectivity index (χ3n) is 3.81. The van der Waals surface area contributed by atoms with E-state index >= 15 is 0 Å². The molecule has 0 amide bonds. The molecular weight excluding hydrogens is 310 g/mol. The lowest BCUT2D eigenvalue weighted by atomic mass is 9.97. The zero-order valence-electron chi connectivity index (χ0n) is 12.9. The van der Waals surface area contributed by atoms with Gasteiger partial charge in [0.05, 0.1) is 16.9 Å². The smallest absolute Gasteiger partial charge is 0.244 e. The van der Waals surface area contributed by atoms with E-state index in [9.17, 15) is 0 Å². The number of hydrogen-bond acceptors (Lipinski definition) is 5. The highest BCUT2D eigenvalue weighted by atomic mass is 35.5. The number of allylic oxidation sites excluding steroid dienone is 1. The van der Waals surface area contributed by atoms with Crippen LogP contribution < -0.4 is 10.6 Å². The molecule has 23 heavy (non-hydrogen) atoms. The Balaban J connectivity index is 1.57. The van der Waals surface area contributed by atoms with Gasteiger partial charge in [-0.2, -0.15) is 10.1 Å².